The monoisotopic (exact) mass is 444 g/mol. The molecule has 0 fully saturated rings. The standard InChI is InChI=1S/C27H24O4S/c28-24-19-25(31-27(29)26(24)32-17-15-21-10-5-2-6-11-21)22-12-7-13-23(18-22)30-16-14-20-8-3-1-4-9-20/h1-13,18-19,28H,14-17H2. The van der Waals surface area contributed by atoms with Crippen LogP contribution in [0.15, 0.2) is 105 Å². The molecule has 0 amide bonds. The Labute approximate surface area is 191 Å². The molecule has 0 unspecified atom stereocenters. The van der Waals surface area contributed by atoms with Crippen molar-refractivity contribution in [1.82, 2.24) is 0 Å². The predicted octanol–water partition coefficient (Wildman–Crippen LogP) is 5.97. The van der Waals surface area contributed by atoms with Crippen LogP contribution in [0.25, 0.3) is 11.3 Å². The van der Waals surface area contributed by atoms with Crippen LogP contribution in [0.3, 0.4) is 0 Å². The van der Waals surface area contributed by atoms with E-state index in [0.717, 1.165) is 12.8 Å². The Morgan fingerprint density at radius 2 is 1.50 bits per heavy atom. The van der Waals surface area contributed by atoms with Gasteiger partial charge in [-0.05, 0) is 29.7 Å². The van der Waals surface area contributed by atoms with Crippen molar-refractivity contribution < 1.29 is 14.3 Å². The van der Waals surface area contributed by atoms with Crippen molar-refractivity contribution in [1.29, 1.82) is 0 Å². The van der Waals surface area contributed by atoms with Crippen molar-refractivity contribution in [2.45, 2.75) is 17.7 Å². The van der Waals surface area contributed by atoms with Crippen molar-refractivity contribution in [2.75, 3.05) is 12.4 Å². The van der Waals surface area contributed by atoms with Gasteiger partial charge < -0.3 is 14.3 Å². The number of hydrogen-bond donors (Lipinski definition) is 1. The number of benzene rings is 3. The van der Waals surface area contributed by atoms with E-state index in [9.17, 15) is 9.90 Å². The first-order valence-electron chi connectivity index (χ1n) is 10.5. The normalized spacial score (nSPS) is 10.8. The molecule has 1 aromatic heterocycles. The molecule has 4 nitrogen and oxygen atoms in total. The second-order valence-electron chi connectivity index (χ2n) is 7.31. The van der Waals surface area contributed by atoms with Gasteiger partial charge >= 0.3 is 5.63 Å². The topological polar surface area (TPSA) is 59.7 Å². The maximum Gasteiger partial charge on any atom is 0.353 e. The Morgan fingerprint density at radius 3 is 2.19 bits per heavy atom. The maximum absolute atomic E-state index is 12.5. The molecule has 32 heavy (non-hydrogen) atoms. The number of ether oxygens (including phenoxy) is 1. The zero-order valence-corrected chi connectivity index (χ0v) is 18.4. The van der Waals surface area contributed by atoms with E-state index in [-0.39, 0.29) is 10.6 Å². The molecule has 3 aromatic carbocycles. The van der Waals surface area contributed by atoms with Gasteiger partial charge in [0.15, 0.2) is 0 Å². The first kappa shape index (κ1) is 21.8. The highest BCUT2D eigenvalue weighted by Gasteiger charge is 2.14. The van der Waals surface area contributed by atoms with Crippen LogP contribution in [-0.2, 0) is 12.8 Å². The summed E-state index contributed by atoms with van der Waals surface area (Å²) in [5.41, 5.74) is 2.54. The summed E-state index contributed by atoms with van der Waals surface area (Å²) >= 11 is 1.30. The largest absolute Gasteiger partial charge is 0.506 e. The Balaban J connectivity index is 1.41. The lowest BCUT2D eigenvalue weighted by molar-refractivity contribution is 0.322. The molecular weight excluding hydrogens is 420 g/mol. The third-order valence-electron chi connectivity index (χ3n) is 4.99. The summed E-state index contributed by atoms with van der Waals surface area (Å²) in [7, 11) is 0. The van der Waals surface area contributed by atoms with Crippen molar-refractivity contribution in [3.63, 3.8) is 0 Å². The van der Waals surface area contributed by atoms with Crippen molar-refractivity contribution in [3.05, 3.63) is 113 Å². The number of thioether (sulfide) groups is 1. The highest BCUT2D eigenvalue weighted by atomic mass is 32.2. The van der Waals surface area contributed by atoms with E-state index in [1.165, 1.54) is 29.0 Å². The van der Waals surface area contributed by atoms with E-state index in [0.29, 0.717) is 29.4 Å². The average Bonchev–Trinajstić information content (AvgIpc) is 2.82. The zero-order chi connectivity index (χ0) is 22.2. The lowest BCUT2D eigenvalue weighted by Gasteiger charge is -2.09. The first-order valence-corrected chi connectivity index (χ1v) is 11.5. The molecule has 4 aromatic rings. The van der Waals surface area contributed by atoms with E-state index in [4.69, 9.17) is 9.15 Å². The molecule has 0 saturated carbocycles. The van der Waals surface area contributed by atoms with Crippen LogP contribution < -0.4 is 10.4 Å². The Bertz CT molecular complexity index is 1200. The average molecular weight is 445 g/mol. The van der Waals surface area contributed by atoms with Crippen LogP contribution in [-0.4, -0.2) is 17.5 Å². The van der Waals surface area contributed by atoms with Crippen LogP contribution in [0, 0.1) is 0 Å². The van der Waals surface area contributed by atoms with Gasteiger partial charge in [-0.25, -0.2) is 4.79 Å². The summed E-state index contributed by atoms with van der Waals surface area (Å²) in [6.07, 6.45) is 1.60. The van der Waals surface area contributed by atoms with Gasteiger partial charge in [-0.2, -0.15) is 0 Å². The summed E-state index contributed by atoms with van der Waals surface area (Å²) < 4.78 is 11.4. The summed E-state index contributed by atoms with van der Waals surface area (Å²) in [6, 6.07) is 29.0. The van der Waals surface area contributed by atoms with Gasteiger partial charge in [0.25, 0.3) is 0 Å². The molecule has 162 valence electrons. The minimum atomic E-state index is -0.534. The third-order valence-corrected chi connectivity index (χ3v) is 6.06. The molecule has 0 atom stereocenters. The molecular formula is C27H24O4S. The quantitative estimate of drug-likeness (QED) is 0.322. The SMILES string of the molecule is O=c1oc(-c2cccc(OCCc3ccccc3)c2)cc(O)c1SCCc1ccccc1. The summed E-state index contributed by atoms with van der Waals surface area (Å²) in [5.74, 6) is 1.60. The van der Waals surface area contributed by atoms with Crippen LogP contribution in [0.5, 0.6) is 11.5 Å². The molecule has 1 N–H and O–H groups in total. The van der Waals surface area contributed by atoms with Crippen molar-refractivity contribution in [2.24, 2.45) is 0 Å². The molecule has 0 radical (unpaired) electrons. The number of hydrogen-bond acceptors (Lipinski definition) is 5. The molecule has 0 aliphatic rings. The zero-order valence-electron chi connectivity index (χ0n) is 17.6. The number of rotatable bonds is 9. The number of aryl methyl sites for hydroxylation is 1. The molecule has 0 spiro atoms. The second-order valence-corrected chi connectivity index (χ2v) is 8.41. The van der Waals surface area contributed by atoms with E-state index in [1.807, 2.05) is 72.8 Å². The maximum atomic E-state index is 12.5. The van der Waals surface area contributed by atoms with Crippen LogP contribution in [0.2, 0.25) is 0 Å². The fourth-order valence-corrected chi connectivity index (χ4v) is 4.24. The third kappa shape index (κ3) is 5.83. The minimum absolute atomic E-state index is 0.0651. The summed E-state index contributed by atoms with van der Waals surface area (Å²) in [5, 5.41) is 10.5. The fourth-order valence-electron chi connectivity index (χ4n) is 3.33. The van der Waals surface area contributed by atoms with Gasteiger partial charge in [-0.3, -0.25) is 0 Å². The molecule has 0 aliphatic heterocycles. The molecule has 0 bridgehead atoms. The minimum Gasteiger partial charge on any atom is -0.506 e. The van der Waals surface area contributed by atoms with E-state index in [2.05, 4.69) is 12.1 Å². The fraction of sp³-hybridized carbons (Fsp3) is 0.148. The predicted molar refractivity (Wildman–Crippen MR) is 129 cm³/mol. The van der Waals surface area contributed by atoms with Gasteiger partial charge in [0, 0.05) is 23.8 Å². The second kappa shape index (κ2) is 10.7. The first-order chi connectivity index (χ1) is 15.7. The van der Waals surface area contributed by atoms with Crippen LogP contribution >= 0.6 is 11.8 Å². The van der Waals surface area contributed by atoms with Gasteiger partial charge in [0.2, 0.25) is 0 Å². The van der Waals surface area contributed by atoms with Gasteiger partial charge in [-0.15, -0.1) is 11.8 Å². The smallest absolute Gasteiger partial charge is 0.353 e. The summed E-state index contributed by atoms with van der Waals surface area (Å²) in [4.78, 5) is 12.7. The van der Waals surface area contributed by atoms with Crippen molar-refractivity contribution >= 4 is 11.8 Å². The Morgan fingerprint density at radius 1 is 0.812 bits per heavy atom. The molecule has 5 heteroatoms. The lowest BCUT2D eigenvalue weighted by Crippen LogP contribution is -2.04. The highest BCUT2D eigenvalue weighted by Crippen LogP contribution is 2.31. The van der Waals surface area contributed by atoms with Gasteiger partial charge in [0.05, 0.1) is 6.61 Å². The molecule has 0 aliphatic carbocycles. The molecule has 0 saturated heterocycles. The highest BCUT2D eigenvalue weighted by molar-refractivity contribution is 7.99. The van der Waals surface area contributed by atoms with Crippen molar-refractivity contribution in [3.8, 4) is 22.8 Å². The molecule has 1 heterocycles. The number of aromatic hydroxyl groups is 1. The van der Waals surface area contributed by atoms with Gasteiger partial charge in [-0.1, -0.05) is 72.8 Å². The van der Waals surface area contributed by atoms with E-state index < -0.39 is 5.63 Å². The Kier molecular flexibility index (Phi) is 7.31. The molecule has 4 rings (SSSR count). The summed E-state index contributed by atoms with van der Waals surface area (Å²) in [6.45, 7) is 0.541. The van der Waals surface area contributed by atoms with E-state index >= 15 is 0 Å². The Hall–Kier alpha value is -3.44. The van der Waals surface area contributed by atoms with Crippen LogP contribution in [0.1, 0.15) is 11.1 Å². The van der Waals surface area contributed by atoms with Gasteiger partial charge in [0.1, 0.15) is 22.2 Å². The van der Waals surface area contributed by atoms with E-state index in [1.54, 1.807) is 0 Å². The lowest BCUT2D eigenvalue weighted by atomic mass is 10.1. The van der Waals surface area contributed by atoms with Crippen LogP contribution in [0.4, 0.5) is 0 Å².